The summed E-state index contributed by atoms with van der Waals surface area (Å²) in [5, 5.41) is 4.87. The van der Waals surface area contributed by atoms with Crippen LogP contribution in [0.2, 0.25) is 0 Å². The summed E-state index contributed by atoms with van der Waals surface area (Å²) in [6, 6.07) is 45.9. The lowest BCUT2D eigenvalue weighted by molar-refractivity contribution is 0.590. The second kappa shape index (κ2) is 15.9. The van der Waals surface area contributed by atoms with Crippen molar-refractivity contribution in [2.75, 3.05) is 9.80 Å². The third-order valence-corrected chi connectivity index (χ3v) is 18.6. The van der Waals surface area contributed by atoms with Crippen LogP contribution in [0.5, 0.6) is 0 Å². The van der Waals surface area contributed by atoms with Gasteiger partial charge in [0.2, 0.25) is 0 Å². The van der Waals surface area contributed by atoms with Crippen LogP contribution in [0.1, 0.15) is 101 Å². The number of hydrogen-bond acceptors (Lipinski definition) is 6. The zero-order chi connectivity index (χ0) is 50.8. The Balaban J connectivity index is 1.19. The Bertz CT molecular complexity index is 3870. The summed E-state index contributed by atoms with van der Waals surface area (Å²) in [7, 11) is 0. The molecular weight excluding hydrogens is 928 g/mol. The molecule has 2 aliphatic rings. The summed E-state index contributed by atoms with van der Waals surface area (Å²) in [5.74, 6) is 0. The molecule has 7 aromatic carbocycles. The predicted molar refractivity (Wildman–Crippen MR) is 317 cm³/mol. The highest BCUT2D eigenvalue weighted by Crippen LogP contribution is 2.55. The molecule has 0 amide bonds. The molecule has 0 saturated carbocycles. The van der Waals surface area contributed by atoms with Gasteiger partial charge in [-0.15, -0.1) is 22.7 Å². The average Bonchev–Trinajstić information content (AvgIpc) is 4.15. The molecular formula is C66H61BN2O2S2. The Morgan fingerprint density at radius 1 is 0.411 bits per heavy atom. The summed E-state index contributed by atoms with van der Waals surface area (Å²) >= 11 is 3.98. The fourth-order valence-electron chi connectivity index (χ4n) is 12.1. The van der Waals surface area contributed by atoms with Crippen LogP contribution < -0.4 is 24.8 Å². The summed E-state index contributed by atoms with van der Waals surface area (Å²) < 4.78 is 18.0. The highest BCUT2D eigenvalue weighted by atomic mass is 32.1. The Hall–Kier alpha value is -6.80. The van der Waals surface area contributed by atoms with Crippen molar-refractivity contribution >= 4 is 121 Å². The van der Waals surface area contributed by atoms with E-state index in [-0.39, 0.29) is 23.0 Å². The van der Waals surface area contributed by atoms with Crippen LogP contribution in [0.3, 0.4) is 0 Å². The number of fused-ring (bicyclic) bond motifs is 10. The van der Waals surface area contributed by atoms with Gasteiger partial charge in [0.15, 0.2) is 0 Å². The number of anilines is 6. The van der Waals surface area contributed by atoms with Crippen molar-refractivity contribution in [3.05, 3.63) is 173 Å². The van der Waals surface area contributed by atoms with Crippen LogP contribution in [-0.2, 0) is 16.2 Å². The number of nitrogens with zero attached hydrogens (tertiary/aromatic N) is 2. The Labute approximate surface area is 438 Å². The molecule has 7 heteroatoms. The third-order valence-electron chi connectivity index (χ3n) is 16.1. The van der Waals surface area contributed by atoms with Crippen LogP contribution in [0, 0.1) is 27.7 Å². The van der Waals surface area contributed by atoms with Gasteiger partial charge in [-0.3, -0.25) is 0 Å². The van der Waals surface area contributed by atoms with Gasteiger partial charge in [-0.05, 0) is 148 Å². The van der Waals surface area contributed by atoms with E-state index >= 15 is 0 Å². The largest absolute Gasteiger partial charge is 0.464 e. The molecule has 0 unspecified atom stereocenters. The summed E-state index contributed by atoms with van der Waals surface area (Å²) in [6.45, 7) is 30.5. The van der Waals surface area contributed by atoms with Crippen LogP contribution in [-0.4, -0.2) is 6.71 Å². The van der Waals surface area contributed by atoms with Gasteiger partial charge >= 0.3 is 0 Å². The van der Waals surface area contributed by atoms with Gasteiger partial charge in [0, 0.05) is 63.0 Å². The summed E-state index contributed by atoms with van der Waals surface area (Å²) in [6.07, 6.45) is 3.91. The molecule has 4 nitrogen and oxygen atoms in total. The van der Waals surface area contributed by atoms with E-state index in [4.69, 9.17) is 8.83 Å². The molecule has 362 valence electrons. The molecule has 2 aliphatic heterocycles. The van der Waals surface area contributed by atoms with E-state index in [2.05, 4.69) is 221 Å². The monoisotopic (exact) mass is 988 g/mol. The van der Waals surface area contributed by atoms with Crippen LogP contribution in [0.25, 0.3) is 64.4 Å². The number of thiophene rings is 2. The normalized spacial score (nSPS) is 13.7. The quantitative estimate of drug-likeness (QED) is 0.165. The Morgan fingerprint density at radius 2 is 0.822 bits per heavy atom. The van der Waals surface area contributed by atoms with Crippen molar-refractivity contribution in [2.24, 2.45) is 0 Å². The average molecular weight is 989 g/mol. The van der Waals surface area contributed by atoms with Gasteiger partial charge in [-0.2, -0.15) is 0 Å². The first-order valence-corrected chi connectivity index (χ1v) is 27.5. The highest BCUT2D eigenvalue weighted by Gasteiger charge is 2.49. The predicted octanol–water partition coefficient (Wildman–Crippen LogP) is 18.2. The van der Waals surface area contributed by atoms with Crippen molar-refractivity contribution in [3.63, 3.8) is 0 Å². The van der Waals surface area contributed by atoms with Gasteiger partial charge in [-0.25, -0.2) is 0 Å². The van der Waals surface area contributed by atoms with Gasteiger partial charge in [0.05, 0.1) is 35.3 Å². The third kappa shape index (κ3) is 6.84. The van der Waals surface area contributed by atoms with Crippen LogP contribution in [0.15, 0.2) is 143 Å². The van der Waals surface area contributed by atoms with E-state index in [9.17, 15) is 0 Å². The molecule has 0 aliphatic carbocycles. The highest BCUT2D eigenvalue weighted by molar-refractivity contribution is 7.40. The first-order valence-electron chi connectivity index (χ1n) is 25.8. The minimum atomic E-state index is -0.186. The maximum Gasteiger partial charge on any atom is 0.277 e. The SMILES string of the molecule is Cc1ccc(-c2coc3ccccc23)c(C)c1N1c2cc(C(C)(C)C)cc3c2B(c2sc4ccc(C(C)(C)C)cc4c21)c1sc2ccc(C(C)(C)C)cc2c1N3c1c(C)ccc(-c2coc3ccccc23)c1C. The summed E-state index contributed by atoms with van der Waals surface area (Å²) in [5.41, 5.74) is 23.9. The number of hydrogen-bond donors (Lipinski definition) is 0. The molecule has 6 heterocycles. The van der Waals surface area contributed by atoms with E-state index in [1.165, 1.54) is 119 Å². The van der Waals surface area contributed by atoms with Crippen molar-refractivity contribution in [1.82, 2.24) is 0 Å². The minimum Gasteiger partial charge on any atom is -0.464 e. The van der Waals surface area contributed by atoms with Gasteiger partial charge in [0.1, 0.15) is 11.2 Å². The zero-order valence-electron chi connectivity index (χ0n) is 44.3. The molecule has 13 rings (SSSR count). The lowest BCUT2D eigenvalue weighted by atomic mass is 9.39. The molecule has 11 aromatic rings. The number of benzene rings is 7. The van der Waals surface area contributed by atoms with E-state index < -0.39 is 0 Å². The molecule has 0 atom stereocenters. The van der Waals surface area contributed by atoms with Gasteiger partial charge in [0.25, 0.3) is 6.71 Å². The van der Waals surface area contributed by atoms with Gasteiger partial charge in [-0.1, -0.05) is 135 Å². The summed E-state index contributed by atoms with van der Waals surface area (Å²) in [4.78, 5) is 5.42. The van der Waals surface area contributed by atoms with Crippen LogP contribution >= 0.6 is 22.7 Å². The van der Waals surface area contributed by atoms with E-state index in [1.807, 2.05) is 35.2 Å². The first kappa shape index (κ1) is 46.0. The molecule has 0 fully saturated rings. The number of rotatable bonds is 4. The maximum absolute atomic E-state index is 6.27. The second-order valence-corrected chi connectivity index (χ2v) is 26.1. The number of para-hydroxylation sites is 2. The van der Waals surface area contributed by atoms with Crippen molar-refractivity contribution in [2.45, 2.75) is 106 Å². The topological polar surface area (TPSA) is 32.8 Å². The standard InChI is InChI=1S/C66H61BN2O2S2/c1-36-22-26-43(49-34-70-53-20-16-14-18-45(49)53)38(3)58(36)68-51-32-42(66(11,12)13)33-52-57(51)67(62-60(68)47-30-40(64(5,6)7)24-28-55(47)72-62)63-61(48-31-41(65(8,9)10)25-29-56(48)73-63)69(52)59-37(2)23-27-44(39(59)4)50-35-71-54-21-17-15-19-46(50)54/h14-35H,1-13H3. The molecule has 0 radical (unpaired) electrons. The van der Waals surface area contributed by atoms with Crippen molar-refractivity contribution < 1.29 is 8.83 Å². The molecule has 0 N–H and O–H groups in total. The fourth-order valence-corrected chi connectivity index (χ4v) is 14.8. The second-order valence-electron chi connectivity index (χ2n) is 23.9. The Kier molecular flexibility index (Phi) is 10.00. The minimum absolute atomic E-state index is 0.00860. The molecule has 73 heavy (non-hydrogen) atoms. The van der Waals surface area contributed by atoms with Crippen LogP contribution in [0.4, 0.5) is 34.1 Å². The van der Waals surface area contributed by atoms with E-state index in [0.717, 1.165) is 33.1 Å². The fraction of sp³-hybridized carbons (Fsp3) is 0.242. The smallest absolute Gasteiger partial charge is 0.277 e. The maximum atomic E-state index is 6.27. The van der Waals surface area contributed by atoms with Crippen molar-refractivity contribution in [1.29, 1.82) is 0 Å². The lowest BCUT2D eigenvalue weighted by Gasteiger charge is -2.44. The number of furan rings is 2. The molecule has 0 bridgehead atoms. The zero-order valence-corrected chi connectivity index (χ0v) is 45.9. The van der Waals surface area contributed by atoms with E-state index in [0.29, 0.717) is 0 Å². The van der Waals surface area contributed by atoms with Crippen molar-refractivity contribution in [3.8, 4) is 22.3 Å². The Morgan fingerprint density at radius 3 is 1.23 bits per heavy atom. The van der Waals surface area contributed by atoms with Gasteiger partial charge < -0.3 is 18.6 Å². The number of aryl methyl sites for hydroxylation is 2. The first-order chi connectivity index (χ1) is 34.8. The molecule has 0 spiro atoms. The molecule has 0 saturated heterocycles. The lowest BCUT2D eigenvalue weighted by Crippen LogP contribution is -2.59. The van der Waals surface area contributed by atoms with E-state index in [1.54, 1.807) is 0 Å². The molecule has 4 aromatic heterocycles.